The fourth-order valence-electron chi connectivity index (χ4n) is 2.78. The Balaban J connectivity index is 2.47. The van der Waals surface area contributed by atoms with E-state index in [0.29, 0.717) is 11.6 Å². The molecule has 1 aliphatic rings. The second-order valence-corrected chi connectivity index (χ2v) is 7.97. The van der Waals surface area contributed by atoms with Crippen molar-refractivity contribution in [3.63, 3.8) is 0 Å². The molecule has 2 unspecified atom stereocenters. The summed E-state index contributed by atoms with van der Waals surface area (Å²) in [7, 11) is 0. The molecule has 128 valence electrons. The van der Waals surface area contributed by atoms with Crippen LogP contribution in [-0.4, -0.2) is 11.8 Å². The van der Waals surface area contributed by atoms with Crippen LogP contribution in [0.4, 0.5) is 0 Å². The zero-order valence-corrected chi connectivity index (χ0v) is 16.1. The standard InChI is InChI=1S/C21H28N2S/c1-6-14(4)16(9-7-13(2)3)17-10-11-18(21(23)20(17)22)19-12-8-15(5)24-19/h7-12,14,20,23H,6,22H2,1-5H3/b16-9+,23-21?. The third-order valence-electron chi connectivity index (χ3n) is 4.44. The molecule has 0 amide bonds. The van der Waals surface area contributed by atoms with Gasteiger partial charge >= 0.3 is 0 Å². The van der Waals surface area contributed by atoms with Crippen LogP contribution in [0.15, 0.2) is 53.2 Å². The molecule has 0 saturated heterocycles. The molecule has 0 fully saturated rings. The number of rotatable bonds is 5. The zero-order valence-electron chi connectivity index (χ0n) is 15.3. The number of aryl methyl sites for hydroxylation is 1. The highest BCUT2D eigenvalue weighted by atomic mass is 32.1. The maximum Gasteiger partial charge on any atom is 0.0728 e. The van der Waals surface area contributed by atoms with E-state index in [-0.39, 0.29) is 6.04 Å². The summed E-state index contributed by atoms with van der Waals surface area (Å²) in [5.41, 5.74) is 11.5. The van der Waals surface area contributed by atoms with Gasteiger partial charge in [0.05, 0.1) is 11.8 Å². The summed E-state index contributed by atoms with van der Waals surface area (Å²) in [4.78, 5) is 2.38. The highest BCUT2D eigenvalue weighted by Crippen LogP contribution is 2.33. The number of hydrogen-bond donors (Lipinski definition) is 2. The zero-order chi connectivity index (χ0) is 17.9. The van der Waals surface area contributed by atoms with Gasteiger partial charge in [0.1, 0.15) is 0 Å². The van der Waals surface area contributed by atoms with Gasteiger partial charge in [-0.25, -0.2) is 0 Å². The first-order valence-electron chi connectivity index (χ1n) is 8.53. The summed E-state index contributed by atoms with van der Waals surface area (Å²) in [5.74, 6) is 0.421. The molecule has 3 N–H and O–H groups in total. The van der Waals surface area contributed by atoms with Crippen molar-refractivity contribution in [1.29, 1.82) is 5.41 Å². The molecular formula is C21H28N2S. The number of nitrogens with two attached hydrogens (primary N) is 1. The van der Waals surface area contributed by atoms with Gasteiger partial charge in [-0.05, 0) is 56.4 Å². The summed E-state index contributed by atoms with van der Waals surface area (Å²) < 4.78 is 0. The van der Waals surface area contributed by atoms with Crippen LogP contribution in [0.25, 0.3) is 5.57 Å². The van der Waals surface area contributed by atoms with E-state index in [1.165, 1.54) is 16.0 Å². The fourth-order valence-corrected chi connectivity index (χ4v) is 3.69. The van der Waals surface area contributed by atoms with Crippen LogP contribution in [0.3, 0.4) is 0 Å². The first-order valence-corrected chi connectivity index (χ1v) is 9.35. The van der Waals surface area contributed by atoms with E-state index in [2.05, 4.69) is 71.1 Å². The normalized spacial score (nSPS) is 19.7. The summed E-state index contributed by atoms with van der Waals surface area (Å²) >= 11 is 1.72. The largest absolute Gasteiger partial charge is 0.319 e. The highest BCUT2D eigenvalue weighted by molar-refractivity contribution is 7.13. The Labute approximate surface area is 150 Å². The van der Waals surface area contributed by atoms with Crippen molar-refractivity contribution in [1.82, 2.24) is 0 Å². The average molecular weight is 341 g/mol. The van der Waals surface area contributed by atoms with Crippen molar-refractivity contribution < 1.29 is 0 Å². The number of allylic oxidation sites excluding steroid dienone is 5. The number of thiophene rings is 1. The van der Waals surface area contributed by atoms with Crippen molar-refractivity contribution in [2.24, 2.45) is 11.7 Å². The molecular weight excluding hydrogens is 312 g/mol. The van der Waals surface area contributed by atoms with Crippen molar-refractivity contribution in [2.45, 2.75) is 47.1 Å². The Morgan fingerprint density at radius 1 is 1.29 bits per heavy atom. The van der Waals surface area contributed by atoms with E-state index < -0.39 is 0 Å². The summed E-state index contributed by atoms with van der Waals surface area (Å²) in [6.45, 7) is 10.7. The second-order valence-electron chi connectivity index (χ2n) is 6.68. The molecule has 3 heteroatoms. The van der Waals surface area contributed by atoms with Gasteiger partial charge in [0.15, 0.2) is 0 Å². The minimum atomic E-state index is -0.363. The van der Waals surface area contributed by atoms with Crippen LogP contribution < -0.4 is 5.73 Å². The molecule has 1 aromatic heterocycles. The lowest BCUT2D eigenvalue weighted by Gasteiger charge is -2.27. The molecule has 0 saturated carbocycles. The topological polar surface area (TPSA) is 49.9 Å². The quantitative estimate of drug-likeness (QED) is 0.667. The SMILES string of the molecule is CCC(C)/C(=C\C=C(C)C)C1=CC=C(c2ccc(C)s2)C(=N)C1N. The van der Waals surface area contributed by atoms with Gasteiger partial charge in [-0.2, -0.15) is 0 Å². The van der Waals surface area contributed by atoms with Crippen LogP contribution in [0.2, 0.25) is 0 Å². The predicted molar refractivity (Wildman–Crippen MR) is 108 cm³/mol. The van der Waals surface area contributed by atoms with Crippen LogP contribution in [-0.2, 0) is 0 Å². The number of nitrogens with one attached hydrogen (secondary N) is 1. The van der Waals surface area contributed by atoms with Crippen molar-refractivity contribution in [2.75, 3.05) is 0 Å². The first kappa shape index (κ1) is 18.6. The lowest BCUT2D eigenvalue weighted by Crippen LogP contribution is -2.35. The van der Waals surface area contributed by atoms with Crippen LogP contribution >= 0.6 is 11.3 Å². The molecule has 2 atom stereocenters. The van der Waals surface area contributed by atoms with Crippen LogP contribution in [0.5, 0.6) is 0 Å². The van der Waals surface area contributed by atoms with Gasteiger partial charge < -0.3 is 11.1 Å². The smallest absolute Gasteiger partial charge is 0.0728 e. The summed E-state index contributed by atoms with van der Waals surface area (Å²) in [6, 6.07) is 3.82. The van der Waals surface area contributed by atoms with Crippen LogP contribution in [0, 0.1) is 18.3 Å². The Morgan fingerprint density at radius 2 is 2.00 bits per heavy atom. The van der Waals surface area contributed by atoms with E-state index in [0.717, 1.165) is 22.4 Å². The van der Waals surface area contributed by atoms with Gasteiger partial charge in [0.25, 0.3) is 0 Å². The molecule has 0 spiro atoms. The molecule has 1 heterocycles. The first-order chi connectivity index (χ1) is 11.3. The van der Waals surface area contributed by atoms with E-state index in [1.807, 2.05) is 0 Å². The lowest BCUT2D eigenvalue weighted by atomic mass is 9.81. The van der Waals surface area contributed by atoms with Crippen molar-refractivity contribution in [3.05, 3.63) is 62.9 Å². The minimum absolute atomic E-state index is 0.363. The monoisotopic (exact) mass is 340 g/mol. The summed E-state index contributed by atoms with van der Waals surface area (Å²) in [6.07, 6.45) is 9.55. The molecule has 2 rings (SSSR count). The van der Waals surface area contributed by atoms with E-state index in [4.69, 9.17) is 11.1 Å². The predicted octanol–water partition coefficient (Wildman–Crippen LogP) is 5.67. The molecule has 0 bridgehead atoms. The molecule has 1 aliphatic carbocycles. The third kappa shape index (κ3) is 4.03. The third-order valence-corrected chi connectivity index (χ3v) is 5.48. The fraction of sp³-hybridized carbons (Fsp3) is 0.381. The average Bonchev–Trinajstić information content (AvgIpc) is 2.97. The Kier molecular flexibility index (Phi) is 6.14. The Bertz CT molecular complexity index is 740. The van der Waals surface area contributed by atoms with Crippen LogP contribution in [0.1, 0.15) is 43.9 Å². The molecule has 1 aromatic rings. The maximum atomic E-state index is 8.57. The van der Waals surface area contributed by atoms with Gasteiger partial charge in [0.2, 0.25) is 0 Å². The number of hydrogen-bond acceptors (Lipinski definition) is 3. The van der Waals surface area contributed by atoms with E-state index >= 15 is 0 Å². The van der Waals surface area contributed by atoms with E-state index in [1.54, 1.807) is 11.3 Å². The van der Waals surface area contributed by atoms with Gasteiger partial charge in [0, 0.05) is 15.3 Å². The summed E-state index contributed by atoms with van der Waals surface area (Å²) in [5, 5.41) is 8.57. The second kappa shape index (κ2) is 7.91. The van der Waals surface area contributed by atoms with Gasteiger partial charge in [-0.3, -0.25) is 0 Å². The lowest BCUT2D eigenvalue weighted by molar-refractivity contribution is 0.654. The molecule has 24 heavy (non-hydrogen) atoms. The van der Waals surface area contributed by atoms with Gasteiger partial charge in [-0.15, -0.1) is 11.3 Å². The maximum absolute atomic E-state index is 8.57. The van der Waals surface area contributed by atoms with Gasteiger partial charge in [-0.1, -0.05) is 43.7 Å². The van der Waals surface area contributed by atoms with Crippen molar-refractivity contribution >= 4 is 22.6 Å². The molecule has 0 aliphatic heterocycles. The Hall–Kier alpha value is -1.71. The molecule has 2 nitrogen and oxygen atoms in total. The van der Waals surface area contributed by atoms with E-state index in [9.17, 15) is 0 Å². The van der Waals surface area contributed by atoms with Crippen molar-refractivity contribution in [3.8, 4) is 0 Å². The highest BCUT2D eigenvalue weighted by Gasteiger charge is 2.26. The minimum Gasteiger partial charge on any atom is -0.319 e. The molecule has 0 aromatic carbocycles. The Morgan fingerprint density at radius 3 is 2.54 bits per heavy atom. The molecule has 0 radical (unpaired) electrons.